The molecule has 0 amide bonds. The molecule has 0 spiro atoms. The maximum atomic E-state index is 5.37. The van der Waals surface area contributed by atoms with Crippen LogP contribution in [0.2, 0.25) is 0 Å². The zero-order valence-corrected chi connectivity index (χ0v) is 13.6. The third-order valence-electron chi connectivity index (χ3n) is 3.91. The summed E-state index contributed by atoms with van der Waals surface area (Å²) in [5.41, 5.74) is 3.64. The zero-order chi connectivity index (χ0) is 15.5. The molecule has 0 fully saturated rings. The average Bonchev–Trinajstić information content (AvgIpc) is 2.55. The number of hydrogen-bond donors (Lipinski definition) is 1. The van der Waals surface area contributed by atoms with Gasteiger partial charge in [-0.05, 0) is 29.9 Å². The van der Waals surface area contributed by atoms with Gasteiger partial charge in [-0.1, -0.05) is 6.07 Å². The van der Waals surface area contributed by atoms with Crippen molar-refractivity contribution >= 4 is 12.2 Å². The lowest BCUT2D eigenvalue weighted by atomic mass is 10.1. The fourth-order valence-corrected chi connectivity index (χ4v) is 2.95. The molecule has 2 heterocycles. The molecule has 0 aliphatic carbocycles. The van der Waals surface area contributed by atoms with Gasteiger partial charge < -0.3 is 14.5 Å². The molecule has 0 unspecified atom stereocenters. The van der Waals surface area contributed by atoms with Gasteiger partial charge in [-0.25, -0.2) is 4.98 Å². The Bertz CT molecular complexity index is 730. The summed E-state index contributed by atoms with van der Waals surface area (Å²) in [7, 11) is 3.31. The molecule has 3 rings (SSSR count). The van der Waals surface area contributed by atoms with Gasteiger partial charge in [-0.2, -0.15) is 0 Å². The number of fused-ring (bicyclic) bond motifs is 1. The maximum absolute atomic E-state index is 5.37. The van der Waals surface area contributed by atoms with Gasteiger partial charge in [0.15, 0.2) is 16.3 Å². The van der Waals surface area contributed by atoms with E-state index < -0.39 is 0 Å². The Hall–Kier alpha value is -1.92. The molecular formula is C16H19N3O2S. The van der Waals surface area contributed by atoms with Crippen molar-refractivity contribution in [3.63, 3.8) is 0 Å². The van der Waals surface area contributed by atoms with Crippen molar-refractivity contribution in [3.8, 4) is 11.5 Å². The van der Waals surface area contributed by atoms with Crippen LogP contribution < -0.4 is 9.47 Å². The van der Waals surface area contributed by atoms with Gasteiger partial charge in [-0.3, -0.25) is 4.90 Å². The molecular weight excluding hydrogens is 298 g/mol. The van der Waals surface area contributed by atoms with Crippen molar-refractivity contribution < 1.29 is 9.47 Å². The Balaban J connectivity index is 1.74. The number of nitrogens with zero attached hydrogens (tertiary/aromatic N) is 2. The van der Waals surface area contributed by atoms with E-state index in [0.29, 0.717) is 4.77 Å². The van der Waals surface area contributed by atoms with Gasteiger partial charge in [0.1, 0.15) is 0 Å². The molecule has 22 heavy (non-hydrogen) atoms. The third-order valence-corrected chi connectivity index (χ3v) is 4.12. The molecule has 0 radical (unpaired) electrons. The van der Waals surface area contributed by atoms with Crippen LogP contribution >= 0.6 is 12.2 Å². The first kappa shape index (κ1) is 15.0. The van der Waals surface area contributed by atoms with E-state index in [9.17, 15) is 0 Å². The van der Waals surface area contributed by atoms with E-state index >= 15 is 0 Å². The summed E-state index contributed by atoms with van der Waals surface area (Å²) >= 11 is 5.08. The molecule has 1 aromatic carbocycles. The smallest absolute Gasteiger partial charge is 0.196 e. The maximum Gasteiger partial charge on any atom is 0.196 e. The van der Waals surface area contributed by atoms with Crippen molar-refractivity contribution in [2.24, 2.45) is 0 Å². The number of aromatic amines is 1. The SMILES string of the molecule is COc1ccc(CN2CCc3[nH]c(=S)ncc3C2)cc1OC. The molecule has 1 aromatic heterocycles. The lowest BCUT2D eigenvalue weighted by molar-refractivity contribution is 0.242. The van der Waals surface area contributed by atoms with Crippen LogP contribution in [0.5, 0.6) is 11.5 Å². The largest absolute Gasteiger partial charge is 0.493 e. The molecule has 6 heteroatoms. The summed E-state index contributed by atoms with van der Waals surface area (Å²) in [5, 5.41) is 0. The first-order valence-electron chi connectivity index (χ1n) is 7.20. The second kappa shape index (κ2) is 6.46. The standard InChI is InChI=1S/C16H19N3O2S/c1-20-14-4-3-11(7-15(14)21-2)9-19-6-5-13-12(10-19)8-17-16(22)18-13/h3-4,7-8H,5-6,9-10H2,1-2H3,(H,17,18,22). The predicted molar refractivity (Wildman–Crippen MR) is 86.8 cm³/mol. The van der Waals surface area contributed by atoms with Crippen LogP contribution in [0.4, 0.5) is 0 Å². The molecule has 1 N–H and O–H groups in total. The average molecular weight is 317 g/mol. The minimum absolute atomic E-state index is 0.562. The number of methoxy groups -OCH3 is 2. The van der Waals surface area contributed by atoms with E-state index in [1.54, 1.807) is 14.2 Å². The van der Waals surface area contributed by atoms with Crippen molar-refractivity contribution in [1.29, 1.82) is 0 Å². The summed E-state index contributed by atoms with van der Waals surface area (Å²) in [6.07, 6.45) is 2.85. The lowest BCUT2D eigenvalue weighted by Gasteiger charge is -2.28. The summed E-state index contributed by atoms with van der Waals surface area (Å²) in [4.78, 5) is 9.76. The number of ether oxygens (including phenoxy) is 2. The molecule has 0 saturated heterocycles. The van der Waals surface area contributed by atoms with E-state index in [1.807, 2.05) is 18.3 Å². The van der Waals surface area contributed by atoms with Crippen LogP contribution in [0.3, 0.4) is 0 Å². The molecule has 5 nitrogen and oxygen atoms in total. The molecule has 0 atom stereocenters. The van der Waals surface area contributed by atoms with Crippen LogP contribution in [0, 0.1) is 4.77 Å². The Labute approximate surface area is 134 Å². The Morgan fingerprint density at radius 2 is 2.09 bits per heavy atom. The molecule has 1 aliphatic heterocycles. The van der Waals surface area contributed by atoms with Crippen molar-refractivity contribution in [1.82, 2.24) is 14.9 Å². The Kier molecular flexibility index (Phi) is 4.40. The van der Waals surface area contributed by atoms with E-state index in [0.717, 1.165) is 37.6 Å². The van der Waals surface area contributed by atoms with Crippen LogP contribution in [0.1, 0.15) is 16.8 Å². The van der Waals surface area contributed by atoms with Crippen LogP contribution in [0.25, 0.3) is 0 Å². The number of hydrogen-bond acceptors (Lipinski definition) is 5. The highest BCUT2D eigenvalue weighted by atomic mass is 32.1. The summed E-state index contributed by atoms with van der Waals surface area (Å²) in [5.74, 6) is 1.52. The second-order valence-electron chi connectivity index (χ2n) is 5.34. The normalized spacial score (nSPS) is 14.5. The topological polar surface area (TPSA) is 50.4 Å². The zero-order valence-electron chi connectivity index (χ0n) is 12.8. The first-order valence-corrected chi connectivity index (χ1v) is 7.60. The van der Waals surface area contributed by atoms with Crippen LogP contribution in [-0.2, 0) is 19.5 Å². The number of benzene rings is 1. The lowest BCUT2D eigenvalue weighted by Crippen LogP contribution is -2.30. The fraction of sp³-hybridized carbons (Fsp3) is 0.375. The number of rotatable bonds is 4. The predicted octanol–water partition coefficient (Wildman–Crippen LogP) is 2.71. The number of H-pyrrole nitrogens is 1. The summed E-state index contributed by atoms with van der Waals surface area (Å²) < 4.78 is 11.2. The van der Waals surface area contributed by atoms with E-state index in [1.165, 1.54) is 16.8 Å². The number of nitrogens with one attached hydrogen (secondary N) is 1. The van der Waals surface area contributed by atoms with E-state index in [2.05, 4.69) is 20.9 Å². The summed E-state index contributed by atoms with van der Waals surface area (Å²) in [6, 6.07) is 6.06. The van der Waals surface area contributed by atoms with Crippen molar-refractivity contribution in [2.45, 2.75) is 19.5 Å². The highest BCUT2D eigenvalue weighted by molar-refractivity contribution is 7.71. The summed E-state index contributed by atoms with van der Waals surface area (Å²) in [6.45, 7) is 2.74. The minimum atomic E-state index is 0.562. The Morgan fingerprint density at radius 1 is 1.27 bits per heavy atom. The monoisotopic (exact) mass is 317 g/mol. The van der Waals surface area contributed by atoms with Gasteiger partial charge in [-0.15, -0.1) is 0 Å². The highest BCUT2D eigenvalue weighted by Gasteiger charge is 2.17. The fourth-order valence-electron chi connectivity index (χ4n) is 2.78. The van der Waals surface area contributed by atoms with Crippen LogP contribution in [0.15, 0.2) is 24.4 Å². The minimum Gasteiger partial charge on any atom is -0.493 e. The van der Waals surface area contributed by atoms with Crippen LogP contribution in [-0.4, -0.2) is 35.6 Å². The van der Waals surface area contributed by atoms with Gasteiger partial charge in [0, 0.05) is 43.5 Å². The number of aromatic nitrogens is 2. The molecule has 0 saturated carbocycles. The molecule has 0 bridgehead atoms. The van der Waals surface area contributed by atoms with Gasteiger partial charge in [0.2, 0.25) is 0 Å². The van der Waals surface area contributed by atoms with E-state index in [4.69, 9.17) is 21.7 Å². The molecule has 116 valence electrons. The molecule has 1 aliphatic rings. The van der Waals surface area contributed by atoms with Gasteiger partial charge in [0.05, 0.1) is 14.2 Å². The van der Waals surface area contributed by atoms with Gasteiger partial charge >= 0.3 is 0 Å². The van der Waals surface area contributed by atoms with Crippen molar-refractivity contribution in [3.05, 3.63) is 46.0 Å². The second-order valence-corrected chi connectivity index (χ2v) is 5.73. The van der Waals surface area contributed by atoms with Gasteiger partial charge in [0.25, 0.3) is 0 Å². The third kappa shape index (κ3) is 3.13. The Morgan fingerprint density at radius 3 is 2.86 bits per heavy atom. The van der Waals surface area contributed by atoms with E-state index in [-0.39, 0.29) is 0 Å². The first-order chi connectivity index (χ1) is 10.7. The quantitative estimate of drug-likeness (QED) is 0.879. The van der Waals surface area contributed by atoms with Crippen molar-refractivity contribution in [2.75, 3.05) is 20.8 Å². The molecule has 2 aromatic rings. The highest BCUT2D eigenvalue weighted by Crippen LogP contribution is 2.28.